The monoisotopic (exact) mass is 339 g/mol. The van der Waals surface area contributed by atoms with E-state index < -0.39 is 0 Å². The number of para-hydroxylation sites is 1. The second-order valence-electron chi connectivity index (χ2n) is 7.43. The minimum atomic E-state index is -0.0405. The van der Waals surface area contributed by atoms with E-state index >= 15 is 0 Å². The first-order valence-electron chi connectivity index (χ1n) is 8.91. The summed E-state index contributed by atoms with van der Waals surface area (Å²) in [7, 11) is 1.83. The number of anilines is 2. The molecular formula is C21H29N3O. The van der Waals surface area contributed by atoms with Crippen molar-refractivity contribution in [2.45, 2.75) is 46.0 Å². The predicted molar refractivity (Wildman–Crippen MR) is 105 cm³/mol. The third kappa shape index (κ3) is 5.05. The highest BCUT2D eigenvalue weighted by molar-refractivity contribution is 5.93. The van der Waals surface area contributed by atoms with Crippen molar-refractivity contribution < 1.29 is 4.79 Å². The Kier molecular flexibility index (Phi) is 6.18. The number of aromatic nitrogens is 1. The number of amides is 1. The van der Waals surface area contributed by atoms with Crippen LogP contribution in [0, 0.1) is 0 Å². The van der Waals surface area contributed by atoms with E-state index in [9.17, 15) is 4.79 Å². The van der Waals surface area contributed by atoms with Gasteiger partial charge in [0.05, 0.1) is 0 Å². The molecule has 1 amide bonds. The van der Waals surface area contributed by atoms with Crippen molar-refractivity contribution in [3.63, 3.8) is 0 Å². The molecule has 134 valence electrons. The largest absolute Gasteiger partial charge is 0.355 e. The van der Waals surface area contributed by atoms with Gasteiger partial charge in [0.15, 0.2) is 0 Å². The van der Waals surface area contributed by atoms with Crippen LogP contribution in [0.3, 0.4) is 0 Å². The number of hydrogen-bond acceptors (Lipinski definition) is 3. The summed E-state index contributed by atoms with van der Waals surface area (Å²) in [4.78, 5) is 18.5. The molecule has 4 heteroatoms. The summed E-state index contributed by atoms with van der Waals surface area (Å²) in [6.45, 7) is 9.45. The molecule has 0 saturated heterocycles. The Morgan fingerprint density at radius 1 is 1.20 bits per heavy atom. The second-order valence-corrected chi connectivity index (χ2v) is 7.43. The van der Waals surface area contributed by atoms with Crippen molar-refractivity contribution in [2.24, 2.45) is 0 Å². The van der Waals surface area contributed by atoms with Crippen molar-refractivity contribution in [1.82, 2.24) is 9.88 Å². The Morgan fingerprint density at radius 2 is 1.92 bits per heavy atom. The van der Waals surface area contributed by atoms with E-state index in [0.717, 1.165) is 30.8 Å². The molecule has 0 spiro atoms. The molecule has 0 bridgehead atoms. The molecule has 2 rings (SSSR count). The highest BCUT2D eigenvalue weighted by Gasteiger charge is 2.18. The molecule has 0 atom stereocenters. The average molecular weight is 339 g/mol. The van der Waals surface area contributed by atoms with Crippen LogP contribution in [0.4, 0.5) is 11.4 Å². The van der Waals surface area contributed by atoms with Crippen LogP contribution >= 0.6 is 0 Å². The van der Waals surface area contributed by atoms with Gasteiger partial charge in [0.2, 0.25) is 0 Å². The fraction of sp³-hybridized carbons (Fsp3) is 0.429. The van der Waals surface area contributed by atoms with Crippen molar-refractivity contribution in [3.8, 4) is 0 Å². The van der Waals surface area contributed by atoms with E-state index in [-0.39, 0.29) is 11.3 Å². The Morgan fingerprint density at radius 3 is 2.60 bits per heavy atom. The van der Waals surface area contributed by atoms with Gasteiger partial charge >= 0.3 is 0 Å². The summed E-state index contributed by atoms with van der Waals surface area (Å²) >= 11 is 0. The summed E-state index contributed by atoms with van der Waals surface area (Å²) in [5.41, 5.74) is 3.67. The lowest BCUT2D eigenvalue weighted by molar-refractivity contribution is 0.0787. The zero-order valence-electron chi connectivity index (χ0n) is 16.0. The van der Waals surface area contributed by atoms with Gasteiger partial charge in [-0.1, -0.05) is 52.3 Å². The molecule has 0 aliphatic heterocycles. The molecule has 0 fully saturated rings. The highest BCUT2D eigenvalue weighted by atomic mass is 16.2. The Hall–Kier alpha value is -2.36. The molecule has 4 nitrogen and oxygen atoms in total. The number of nitrogens with one attached hydrogen (secondary N) is 1. The molecule has 1 N–H and O–H groups in total. The molecule has 2 aromatic rings. The van der Waals surface area contributed by atoms with Gasteiger partial charge in [-0.3, -0.25) is 9.78 Å². The van der Waals surface area contributed by atoms with Crippen LogP contribution in [0.5, 0.6) is 0 Å². The van der Waals surface area contributed by atoms with Crippen LogP contribution in [0.1, 0.15) is 56.6 Å². The van der Waals surface area contributed by atoms with Crippen LogP contribution in [0.15, 0.2) is 42.6 Å². The fourth-order valence-corrected chi connectivity index (χ4v) is 2.72. The summed E-state index contributed by atoms with van der Waals surface area (Å²) in [5, 5.41) is 3.45. The molecular weight excluding hydrogens is 310 g/mol. The van der Waals surface area contributed by atoms with E-state index in [1.165, 1.54) is 5.56 Å². The maximum absolute atomic E-state index is 12.5. The molecule has 0 unspecified atom stereocenters. The molecule has 0 aliphatic rings. The third-order valence-corrected chi connectivity index (χ3v) is 4.19. The number of carbonyl (C=O) groups is 1. The first kappa shape index (κ1) is 19.0. The van der Waals surface area contributed by atoms with Gasteiger partial charge in [0.25, 0.3) is 5.91 Å². The zero-order valence-corrected chi connectivity index (χ0v) is 16.0. The number of unbranched alkanes of at least 4 members (excludes halogenated alkanes) is 1. The first-order valence-corrected chi connectivity index (χ1v) is 8.91. The van der Waals surface area contributed by atoms with Gasteiger partial charge in [0.1, 0.15) is 5.69 Å². The van der Waals surface area contributed by atoms with Gasteiger partial charge in [-0.15, -0.1) is 0 Å². The Bertz CT molecular complexity index is 719. The number of nitrogens with zero attached hydrogens (tertiary/aromatic N) is 2. The zero-order chi connectivity index (χ0) is 18.4. The van der Waals surface area contributed by atoms with Crippen molar-refractivity contribution >= 4 is 17.3 Å². The number of hydrogen-bond donors (Lipinski definition) is 1. The lowest BCUT2D eigenvalue weighted by atomic mass is 9.86. The minimum Gasteiger partial charge on any atom is -0.355 e. The normalized spacial score (nSPS) is 11.2. The number of carbonyl (C=O) groups excluding carboxylic acids is 1. The Labute approximate surface area is 151 Å². The van der Waals surface area contributed by atoms with Crippen LogP contribution < -0.4 is 5.32 Å². The van der Waals surface area contributed by atoms with E-state index in [2.05, 4.69) is 56.2 Å². The van der Waals surface area contributed by atoms with E-state index in [4.69, 9.17) is 0 Å². The summed E-state index contributed by atoms with van der Waals surface area (Å²) in [6.07, 6.45) is 3.75. The maximum atomic E-state index is 12.5. The Balaban J connectivity index is 2.22. The van der Waals surface area contributed by atoms with Crippen molar-refractivity contribution in [1.29, 1.82) is 0 Å². The third-order valence-electron chi connectivity index (χ3n) is 4.19. The van der Waals surface area contributed by atoms with E-state index in [1.54, 1.807) is 11.1 Å². The molecule has 1 heterocycles. The van der Waals surface area contributed by atoms with E-state index in [0.29, 0.717) is 5.69 Å². The van der Waals surface area contributed by atoms with Crippen LogP contribution in [0.25, 0.3) is 0 Å². The van der Waals surface area contributed by atoms with Crippen LogP contribution in [-0.2, 0) is 5.41 Å². The van der Waals surface area contributed by atoms with Crippen LogP contribution in [-0.4, -0.2) is 29.4 Å². The number of pyridine rings is 1. The molecule has 0 radical (unpaired) electrons. The second kappa shape index (κ2) is 8.15. The molecule has 25 heavy (non-hydrogen) atoms. The average Bonchev–Trinajstić information content (AvgIpc) is 2.58. The molecule has 1 aromatic heterocycles. The van der Waals surface area contributed by atoms with Crippen molar-refractivity contribution in [3.05, 3.63) is 53.9 Å². The molecule has 0 saturated carbocycles. The topological polar surface area (TPSA) is 45.2 Å². The van der Waals surface area contributed by atoms with Gasteiger partial charge < -0.3 is 10.2 Å². The van der Waals surface area contributed by atoms with E-state index in [1.807, 2.05) is 25.2 Å². The predicted octanol–water partition coefficient (Wildman–Crippen LogP) is 4.99. The quantitative estimate of drug-likeness (QED) is 0.806. The van der Waals surface area contributed by atoms with Crippen LogP contribution in [0.2, 0.25) is 0 Å². The molecule has 1 aromatic carbocycles. The maximum Gasteiger partial charge on any atom is 0.272 e. The summed E-state index contributed by atoms with van der Waals surface area (Å²) in [6, 6.07) is 12.0. The fourth-order valence-electron chi connectivity index (χ4n) is 2.72. The SMILES string of the molecule is CCCCN(C)C(=O)c1cc(Nc2ccccc2C(C)(C)C)ccn1. The van der Waals surface area contributed by atoms with Gasteiger partial charge in [-0.2, -0.15) is 0 Å². The first-order chi connectivity index (χ1) is 11.8. The number of benzene rings is 1. The summed E-state index contributed by atoms with van der Waals surface area (Å²) in [5.74, 6) is -0.0405. The van der Waals surface area contributed by atoms with Gasteiger partial charge in [0, 0.05) is 31.2 Å². The minimum absolute atomic E-state index is 0.0373. The van der Waals surface area contributed by atoms with Gasteiger partial charge in [-0.25, -0.2) is 0 Å². The lowest BCUT2D eigenvalue weighted by Crippen LogP contribution is -2.28. The lowest BCUT2D eigenvalue weighted by Gasteiger charge is -2.23. The van der Waals surface area contributed by atoms with Gasteiger partial charge in [-0.05, 0) is 35.6 Å². The number of rotatable bonds is 6. The smallest absolute Gasteiger partial charge is 0.272 e. The molecule has 0 aliphatic carbocycles. The summed E-state index contributed by atoms with van der Waals surface area (Å²) < 4.78 is 0. The highest BCUT2D eigenvalue weighted by Crippen LogP contribution is 2.31. The standard InChI is InChI=1S/C21H29N3O/c1-6-7-14-24(5)20(25)19-15-16(12-13-22-19)23-18-11-9-8-10-17(18)21(2,3)4/h8-13,15H,6-7,14H2,1-5H3,(H,22,23). The van der Waals surface area contributed by atoms with Crippen molar-refractivity contribution in [2.75, 3.05) is 18.9 Å².